The normalized spacial score (nSPS) is 10.0. The summed E-state index contributed by atoms with van der Waals surface area (Å²) < 4.78 is 4.97. The highest BCUT2D eigenvalue weighted by Crippen LogP contribution is 2.12. The maximum absolute atomic E-state index is 12.1. The molecule has 1 aromatic carbocycles. The lowest BCUT2D eigenvalue weighted by Gasteiger charge is -2.06. The SMILES string of the molecule is N=C(N)c1ccc(C(=O)NCC(=O)c2ccc(OCC(=O)O)cc2)nc1. The zero-order valence-electron chi connectivity index (χ0n) is 13.6. The lowest BCUT2D eigenvalue weighted by atomic mass is 10.1. The number of ketones is 1. The molecule has 26 heavy (non-hydrogen) atoms. The summed E-state index contributed by atoms with van der Waals surface area (Å²) in [7, 11) is 0. The summed E-state index contributed by atoms with van der Waals surface area (Å²) in [5.41, 5.74) is 6.14. The second-order valence-corrected chi connectivity index (χ2v) is 5.16. The molecule has 0 atom stereocenters. The fourth-order valence-corrected chi connectivity index (χ4v) is 1.92. The van der Waals surface area contributed by atoms with Crippen LogP contribution in [0.3, 0.4) is 0 Å². The molecule has 0 saturated carbocycles. The van der Waals surface area contributed by atoms with E-state index in [0.717, 1.165) is 0 Å². The van der Waals surface area contributed by atoms with Gasteiger partial charge >= 0.3 is 5.97 Å². The second kappa shape index (κ2) is 8.38. The number of benzene rings is 1. The van der Waals surface area contributed by atoms with Crippen LogP contribution < -0.4 is 15.8 Å². The first-order valence-corrected chi connectivity index (χ1v) is 7.43. The first-order chi connectivity index (χ1) is 12.4. The molecule has 0 aliphatic heterocycles. The second-order valence-electron chi connectivity index (χ2n) is 5.16. The van der Waals surface area contributed by atoms with Gasteiger partial charge in [0, 0.05) is 17.3 Å². The Morgan fingerprint density at radius 2 is 1.77 bits per heavy atom. The predicted octanol–water partition coefficient (Wildman–Crippen LogP) is 0.442. The van der Waals surface area contributed by atoms with Gasteiger partial charge in [-0.15, -0.1) is 0 Å². The maximum atomic E-state index is 12.1. The van der Waals surface area contributed by atoms with Crippen LogP contribution in [0.4, 0.5) is 0 Å². The van der Waals surface area contributed by atoms with Gasteiger partial charge in [0.15, 0.2) is 12.4 Å². The number of nitrogens with two attached hydrogens (primary N) is 1. The molecule has 1 amide bonds. The number of Topliss-reactive ketones (excluding diaryl/α,β-unsaturated/α-hetero) is 1. The smallest absolute Gasteiger partial charge is 0.341 e. The van der Waals surface area contributed by atoms with Gasteiger partial charge in [-0.05, 0) is 36.4 Å². The third-order valence-corrected chi connectivity index (χ3v) is 3.26. The van der Waals surface area contributed by atoms with Crippen molar-refractivity contribution in [2.24, 2.45) is 5.73 Å². The number of carboxylic acids is 1. The molecular weight excluding hydrogens is 340 g/mol. The first kappa shape index (κ1) is 18.6. The molecule has 9 nitrogen and oxygen atoms in total. The number of hydrogen-bond acceptors (Lipinski definition) is 6. The fraction of sp³-hybridized carbons (Fsp3) is 0.118. The molecule has 0 radical (unpaired) electrons. The molecule has 0 bridgehead atoms. The van der Waals surface area contributed by atoms with Crippen LogP contribution in [0.5, 0.6) is 5.75 Å². The average Bonchev–Trinajstić information content (AvgIpc) is 2.64. The molecule has 2 aromatic rings. The van der Waals surface area contributed by atoms with Gasteiger partial charge in [0.05, 0.1) is 6.54 Å². The van der Waals surface area contributed by atoms with Crippen molar-refractivity contribution in [3.05, 3.63) is 59.4 Å². The molecule has 1 aromatic heterocycles. The number of hydrogen-bond donors (Lipinski definition) is 4. The summed E-state index contributed by atoms with van der Waals surface area (Å²) in [5.74, 6) is -1.80. The summed E-state index contributed by atoms with van der Waals surface area (Å²) in [5, 5.41) is 18.3. The van der Waals surface area contributed by atoms with E-state index < -0.39 is 18.5 Å². The minimum absolute atomic E-state index is 0.0974. The van der Waals surface area contributed by atoms with E-state index in [9.17, 15) is 14.4 Å². The number of carbonyl (C=O) groups excluding carboxylic acids is 2. The van der Waals surface area contributed by atoms with Crippen LogP contribution in [0.2, 0.25) is 0 Å². The van der Waals surface area contributed by atoms with Gasteiger partial charge in [-0.1, -0.05) is 0 Å². The molecule has 1 heterocycles. The quantitative estimate of drug-likeness (QED) is 0.304. The summed E-state index contributed by atoms with van der Waals surface area (Å²) in [6.45, 7) is -0.705. The van der Waals surface area contributed by atoms with Gasteiger partial charge in [-0.3, -0.25) is 20.0 Å². The van der Waals surface area contributed by atoms with Crippen molar-refractivity contribution in [1.82, 2.24) is 10.3 Å². The van der Waals surface area contributed by atoms with Gasteiger partial charge in [0.25, 0.3) is 5.91 Å². The van der Waals surface area contributed by atoms with Crippen molar-refractivity contribution >= 4 is 23.5 Å². The number of ether oxygens (including phenoxy) is 1. The number of aromatic nitrogens is 1. The van der Waals surface area contributed by atoms with Gasteiger partial charge in [-0.25, -0.2) is 4.79 Å². The molecule has 0 unspecified atom stereocenters. The molecule has 0 saturated heterocycles. The molecule has 5 N–H and O–H groups in total. The van der Waals surface area contributed by atoms with Crippen LogP contribution in [-0.4, -0.2) is 46.7 Å². The van der Waals surface area contributed by atoms with Gasteiger partial charge < -0.3 is 20.9 Å². The molecule has 0 spiro atoms. The molecule has 2 rings (SSSR count). The van der Waals surface area contributed by atoms with Crippen molar-refractivity contribution in [3.63, 3.8) is 0 Å². The molecule has 0 aliphatic carbocycles. The summed E-state index contributed by atoms with van der Waals surface area (Å²) in [6.07, 6.45) is 1.30. The largest absolute Gasteiger partial charge is 0.482 e. The number of amides is 1. The number of carbonyl (C=O) groups is 3. The summed E-state index contributed by atoms with van der Waals surface area (Å²) >= 11 is 0. The third-order valence-electron chi connectivity index (χ3n) is 3.26. The molecule has 0 fully saturated rings. The van der Waals surface area contributed by atoms with Crippen molar-refractivity contribution in [2.75, 3.05) is 13.2 Å². The van der Waals surface area contributed by atoms with Crippen LogP contribution in [0.1, 0.15) is 26.4 Å². The van der Waals surface area contributed by atoms with E-state index in [2.05, 4.69) is 10.3 Å². The Hall–Kier alpha value is -3.75. The van der Waals surface area contributed by atoms with Crippen LogP contribution in [0, 0.1) is 5.41 Å². The first-order valence-electron chi connectivity index (χ1n) is 7.43. The lowest BCUT2D eigenvalue weighted by Crippen LogP contribution is -2.30. The van der Waals surface area contributed by atoms with Crippen molar-refractivity contribution in [2.45, 2.75) is 0 Å². The minimum atomic E-state index is -1.10. The van der Waals surface area contributed by atoms with Crippen molar-refractivity contribution in [1.29, 1.82) is 5.41 Å². The number of nitrogen functional groups attached to an aromatic ring is 1. The Labute approximate surface area is 148 Å². The highest BCUT2D eigenvalue weighted by molar-refractivity contribution is 6.02. The maximum Gasteiger partial charge on any atom is 0.341 e. The van der Waals surface area contributed by atoms with Gasteiger partial charge in [0.1, 0.15) is 17.3 Å². The zero-order valence-corrected chi connectivity index (χ0v) is 13.6. The number of nitrogens with zero attached hydrogens (tertiary/aromatic N) is 1. The highest BCUT2D eigenvalue weighted by atomic mass is 16.5. The monoisotopic (exact) mass is 356 g/mol. The van der Waals surface area contributed by atoms with Crippen LogP contribution in [0.25, 0.3) is 0 Å². The Morgan fingerprint density at radius 3 is 2.31 bits per heavy atom. The standard InChI is InChI=1S/C17H16N4O5/c18-16(19)11-3-6-13(20-7-11)17(25)21-8-14(22)10-1-4-12(5-2-10)26-9-15(23)24/h1-7H,8-9H2,(H3,18,19)(H,21,25)(H,23,24). The third kappa shape index (κ3) is 5.13. The Morgan fingerprint density at radius 1 is 1.12 bits per heavy atom. The highest BCUT2D eigenvalue weighted by Gasteiger charge is 2.11. The number of pyridine rings is 1. The van der Waals surface area contributed by atoms with Crippen LogP contribution >= 0.6 is 0 Å². The molecule has 134 valence electrons. The van der Waals surface area contributed by atoms with E-state index in [1.807, 2.05) is 0 Å². The molecular formula is C17H16N4O5. The number of rotatable bonds is 8. The van der Waals surface area contributed by atoms with E-state index in [1.54, 1.807) is 0 Å². The fourth-order valence-electron chi connectivity index (χ4n) is 1.92. The lowest BCUT2D eigenvalue weighted by molar-refractivity contribution is -0.139. The number of amidine groups is 1. The van der Waals surface area contributed by atoms with Gasteiger partial charge in [-0.2, -0.15) is 0 Å². The number of nitrogens with one attached hydrogen (secondary N) is 2. The van der Waals surface area contributed by atoms with Gasteiger partial charge in [0.2, 0.25) is 0 Å². The Kier molecular flexibility index (Phi) is 5.99. The van der Waals surface area contributed by atoms with E-state index in [1.165, 1.54) is 42.6 Å². The molecule has 0 aliphatic rings. The number of aliphatic carboxylic acids is 1. The Balaban J connectivity index is 1.90. The minimum Gasteiger partial charge on any atom is -0.482 e. The zero-order chi connectivity index (χ0) is 19.1. The topological polar surface area (TPSA) is 155 Å². The Bertz CT molecular complexity index is 831. The van der Waals surface area contributed by atoms with Crippen LogP contribution in [-0.2, 0) is 4.79 Å². The van der Waals surface area contributed by atoms with Crippen molar-refractivity contribution < 1.29 is 24.2 Å². The van der Waals surface area contributed by atoms with Crippen molar-refractivity contribution in [3.8, 4) is 5.75 Å². The predicted molar refractivity (Wildman–Crippen MR) is 91.5 cm³/mol. The van der Waals surface area contributed by atoms with E-state index in [4.69, 9.17) is 21.0 Å². The average molecular weight is 356 g/mol. The van der Waals surface area contributed by atoms with E-state index in [-0.39, 0.29) is 23.9 Å². The molecule has 9 heteroatoms. The van der Waals surface area contributed by atoms with E-state index in [0.29, 0.717) is 16.9 Å². The summed E-state index contributed by atoms with van der Waals surface area (Å²) in [6, 6.07) is 8.80. The summed E-state index contributed by atoms with van der Waals surface area (Å²) in [4.78, 5) is 38.4. The van der Waals surface area contributed by atoms with Crippen LogP contribution in [0.15, 0.2) is 42.6 Å². The number of carboxylic acid groups (broad SMARTS) is 1. The van der Waals surface area contributed by atoms with E-state index >= 15 is 0 Å².